The number of benzene rings is 1. The number of guanidine groups is 1. The minimum atomic E-state index is -0.494. The van der Waals surface area contributed by atoms with E-state index in [1.807, 2.05) is 18.2 Å². The standard InChI is InChI=1S/C19H31N5O3.HI/c1-19(2,24-7-9-26-10-8-24)14-23-18(21-3)22-12-15-5-4-6-16(11-15)27-13-17(20)25;/h4-6,11H,7-10,12-14H2,1-3H3,(H2,20,25)(H2,21,22,23);1H. The summed E-state index contributed by atoms with van der Waals surface area (Å²) in [6.07, 6.45) is 0. The normalized spacial score (nSPS) is 15.5. The molecule has 0 unspecified atom stereocenters. The molecule has 0 bridgehead atoms. The fourth-order valence-electron chi connectivity index (χ4n) is 2.89. The lowest BCUT2D eigenvalue weighted by Gasteiger charge is -2.41. The van der Waals surface area contributed by atoms with Gasteiger partial charge in [0.2, 0.25) is 0 Å². The first-order valence-electron chi connectivity index (χ1n) is 9.18. The molecule has 1 aromatic carbocycles. The molecule has 9 heteroatoms. The van der Waals surface area contributed by atoms with Gasteiger partial charge in [0.25, 0.3) is 5.91 Å². The Morgan fingerprint density at radius 1 is 1.32 bits per heavy atom. The van der Waals surface area contributed by atoms with Gasteiger partial charge in [-0.05, 0) is 31.5 Å². The van der Waals surface area contributed by atoms with Gasteiger partial charge >= 0.3 is 0 Å². The van der Waals surface area contributed by atoms with Crippen LogP contribution in [0.15, 0.2) is 29.3 Å². The van der Waals surface area contributed by atoms with E-state index in [-0.39, 0.29) is 36.1 Å². The summed E-state index contributed by atoms with van der Waals surface area (Å²) < 4.78 is 10.8. The fourth-order valence-corrected chi connectivity index (χ4v) is 2.89. The summed E-state index contributed by atoms with van der Waals surface area (Å²) >= 11 is 0. The highest BCUT2D eigenvalue weighted by molar-refractivity contribution is 14.0. The van der Waals surface area contributed by atoms with Crippen LogP contribution in [0.1, 0.15) is 19.4 Å². The minimum absolute atomic E-state index is 0. The molecule has 1 aromatic rings. The highest BCUT2D eigenvalue weighted by Gasteiger charge is 2.28. The molecule has 4 N–H and O–H groups in total. The number of hydrogen-bond acceptors (Lipinski definition) is 5. The maximum atomic E-state index is 10.8. The quantitative estimate of drug-likeness (QED) is 0.276. The van der Waals surface area contributed by atoms with E-state index in [9.17, 15) is 4.79 Å². The van der Waals surface area contributed by atoms with Crippen LogP contribution in [0.2, 0.25) is 0 Å². The van der Waals surface area contributed by atoms with E-state index in [4.69, 9.17) is 15.2 Å². The molecule has 1 aliphatic rings. The number of morpholine rings is 1. The molecule has 1 heterocycles. The Morgan fingerprint density at radius 2 is 2.04 bits per heavy atom. The second-order valence-electron chi connectivity index (χ2n) is 7.09. The van der Waals surface area contributed by atoms with Gasteiger partial charge in [-0.25, -0.2) is 0 Å². The average Bonchev–Trinajstić information content (AvgIpc) is 2.67. The number of amides is 1. The topological polar surface area (TPSA) is 101 Å². The molecule has 0 spiro atoms. The van der Waals surface area contributed by atoms with Crippen molar-refractivity contribution in [2.45, 2.75) is 25.9 Å². The molecule has 1 fully saturated rings. The summed E-state index contributed by atoms with van der Waals surface area (Å²) in [6, 6.07) is 7.53. The van der Waals surface area contributed by atoms with Gasteiger partial charge < -0.3 is 25.8 Å². The Kier molecular flexibility index (Phi) is 10.5. The molecule has 1 amide bonds. The van der Waals surface area contributed by atoms with Gasteiger partial charge in [-0.15, -0.1) is 24.0 Å². The van der Waals surface area contributed by atoms with E-state index in [0.717, 1.165) is 44.4 Å². The monoisotopic (exact) mass is 505 g/mol. The van der Waals surface area contributed by atoms with Crippen molar-refractivity contribution in [1.29, 1.82) is 0 Å². The summed E-state index contributed by atoms with van der Waals surface area (Å²) in [5, 5.41) is 6.70. The molecule has 0 atom stereocenters. The summed E-state index contributed by atoms with van der Waals surface area (Å²) in [5.74, 6) is 0.857. The number of nitrogens with one attached hydrogen (secondary N) is 2. The third-order valence-corrected chi connectivity index (χ3v) is 4.52. The van der Waals surface area contributed by atoms with Crippen molar-refractivity contribution >= 4 is 35.8 Å². The van der Waals surface area contributed by atoms with Crippen LogP contribution in [0.4, 0.5) is 0 Å². The number of carbonyl (C=O) groups is 1. The van der Waals surface area contributed by atoms with Crippen LogP contribution in [-0.2, 0) is 16.1 Å². The molecule has 1 aliphatic heterocycles. The Hall–Kier alpha value is -1.59. The van der Waals surface area contributed by atoms with Gasteiger partial charge in [0.15, 0.2) is 12.6 Å². The third-order valence-electron chi connectivity index (χ3n) is 4.52. The van der Waals surface area contributed by atoms with Crippen molar-refractivity contribution in [2.24, 2.45) is 10.7 Å². The first kappa shape index (κ1) is 24.4. The molecule has 8 nitrogen and oxygen atoms in total. The molecule has 158 valence electrons. The number of nitrogens with two attached hydrogens (primary N) is 1. The summed E-state index contributed by atoms with van der Waals surface area (Å²) in [5.41, 5.74) is 6.13. The zero-order valence-electron chi connectivity index (χ0n) is 16.9. The second-order valence-corrected chi connectivity index (χ2v) is 7.09. The predicted octanol–water partition coefficient (Wildman–Crippen LogP) is 0.945. The molecule has 0 aromatic heterocycles. The van der Waals surface area contributed by atoms with Crippen LogP contribution in [0.25, 0.3) is 0 Å². The number of aliphatic imine (C=N–C) groups is 1. The third kappa shape index (κ3) is 8.19. The number of hydrogen-bond donors (Lipinski definition) is 3. The van der Waals surface area contributed by atoms with E-state index in [0.29, 0.717) is 12.3 Å². The Balaban J connectivity index is 0.00000392. The van der Waals surface area contributed by atoms with Crippen LogP contribution >= 0.6 is 24.0 Å². The summed E-state index contributed by atoms with van der Waals surface area (Å²) in [7, 11) is 1.75. The Morgan fingerprint density at radius 3 is 2.68 bits per heavy atom. The van der Waals surface area contributed by atoms with E-state index in [1.165, 1.54) is 0 Å². The van der Waals surface area contributed by atoms with Gasteiger partial charge in [0, 0.05) is 38.8 Å². The molecule has 1 saturated heterocycles. The number of primary amides is 1. The van der Waals surface area contributed by atoms with Gasteiger partial charge in [-0.2, -0.15) is 0 Å². The number of carbonyl (C=O) groups excluding carboxylic acids is 1. The lowest BCUT2D eigenvalue weighted by molar-refractivity contribution is -0.119. The first-order chi connectivity index (χ1) is 12.9. The van der Waals surface area contributed by atoms with Crippen LogP contribution < -0.4 is 21.1 Å². The van der Waals surface area contributed by atoms with Crippen molar-refractivity contribution in [3.8, 4) is 5.75 Å². The molecule has 28 heavy (non-hydrogen) atoms. The van der Waals surface area contributed by atoms with Crippen molar-refractivity contribution in [2.75, 3.05) is 46.5 Å². The Bertz CT molecular complexity index is 648. The van der Waals surface area contributed by atoms with Crippen LogP contribution in [-0.4, -0.2) is 68.8 Å². The molecule has 0 radical (unpaired) electrons. The number of halogens is 1. The lowest BCUT2D eigenvalue weighted by Crippen LogP contribution is -2.56. The first-order valence-corrected chi connectivity index (χ1v) is 9.18. The maximum Gasteiger partial charge on any atom is 0.255 e. The molecule has 2 rings (SSSR count). The molecular weight excluding hydrogens is 473 g/mol. The van der Waals surface area contributed by atoms with Crippen molar-refractivity contribution in [3.63, 3.8) is 0 Å². The fraction of sp³-hybridized carbons (Fsp3) is 0.579. The number of ether oxygens (including phenoxy) is 2. The zero-order valence-corrected chi connectivity index (χ0v) is 19.2. The van der Waals surface area contributed by atoms with Gasteiger partial charge in [-0.3, -0.25) is 14.7 Å². The smallest absolute Gasteiger partial charge is 0.255 e. The van der Waals surface area contributed by atoms with Crippen molar-refractivity contribution < 1.29 is 14.3 Å². The number of nitrogens with zero attached hydrogens (tertiary/aromatic N) is 2. The lowest BCUT2D eigenvalue weighted by atomic mass is 10.0. The van der Waals surface area contributed by atoms with Crippen molar-refractivity contribution in [1.82, 2.24) is 15.5 Å². The highest BCUT2D eigenvalue weighted by atomic mass is 127. The average molecular weight is 505 g/mol. The summed E-state index contributed by atoms with van der Waals surface area (Å²) in [4.78, 5) is 17.5. The largest absolute Gasteiger partial charge is 0.484 e. The second kappa shape index (κ2) is 12.1. The number of rotatable bonds is 8. The van der Waals surface area contributed by atoms with Crippen LogP contribution in [0.5, 0.6) is 5.75 Å². The molecule has 0 saturated carbocycles. The van der Waals surface area contributed by atoms with E-state index in [1.54, 1.807) is 13.1 Å². The molecule has 0 aliphatic carbocycles. The maximum absolute atomic E-state index is 10.8. The SMILES string of the molecule is CN=C(NCc1cccc(OCC(N)=O)c1)NCC(C)(C)N1CCOCC1.I. The van der Waals surface area contributed by atoms with E-state index in [2.05, 4.69) is 34.4 Å². The Labute approximate surface area is 184 Å². The molecular formula is C19H32IN5O3. The zero-order chi connectivity index (χ0) is 19.7. The van der Waals surface area contributed by atoms with E-state index >= 15 is 0 Å². The van der Waals surface area contributed by atoms with Gasteiger partial charge in [-0.1, -0.05) is 12.1 Å². The van der Waals surface area contributed by atoms with Crippen LogP contribution in [0.3, 0.4) is 0 Å². The van der Waals surface area contributed by atoms with Gasteiger partial charge in [0.05, 0.1) is 13.2 Å². The highest BCUT2D eigenvalue weighted by Crippen LogP contribution is 2.15. The predicted molar refractivity (Wildman–Crippen MR) is 121 cm³/mol. The van der Waals surface area contributed by atoms with Crippen LogP contribution in [0, 0.1) is 0 Å². The van der Waals surface area contributed by atoms with Gasteiger partial charge in [0.1, 0.15) is 5.75 Å². The summed E-state index contributed by atoms with van der Waals surface area (Å²) in [6.45, 7) is 9.12. The van der Waals surface area contributed by atoms with Crippen molar-refractivity contribution in [3.05, 3.63) is 29.8 Å². The minimum Gasteiger partial charge on any atom is -0.484 e. The van der Waals surface area contributed by atoms with E-state index < -0.39 is 5.91 Å².